The smallest absolute Gasteiger partial charge is 0.347 e. The van der Waals surface area contributed by atoms with Gasteiger partial charge in [0, 0.05) is 24.4 Å². The highest BCUT2D eigenvalue weighted by Gasteiger charge is 2.11. The van der Waals surface area contributed by atoms with E-state index in [-0.39, 0.29) is 18.1 Å². The van der Waals surface area contributed by atoms with E-state index >= 15 is 0 Å². The lowest BCUT2D eigenvalue weighted by Crippen LogP contribution is -2.15. The Morgan fingerprint density at radius 1 is 1.19 bits per heavy atom. The molecule has 0 saturated heterocycles. The highest BCUT2D eigenvalue weighted by Crippen LogP contribution is 2.28. The van der Waals surface area contributed by atoms with Gasteiger partial charge in [0.1, 0.15) is 18.7 Å². The predicted molar refractivity (Wildman–Crippen MR) is 119 cm³/mol. The van der Waals surface area contributed by atoms with Gasteiger partial charge in [0.15, 0.2) is 5.76 Å². The molecule has 0 unspecified atom stereocenters. The van der Waals surface area contributed by atoms with E-state index in [1.54, 1.807) is 19.4 Å². The molecule has 0 aliphatic heterocycles. The molecule has 0 bridgehead atoms. The van der Waals surface area contributed by atoms with Gasteiger partial charge in [0.05, 0.1) is 18.5 Å². The summed E-state index contributed by atoms with van der Waals surface area (Å²) >= 11 is 0. The lowest BCUT2D eigenvalue weighted by Gasteiger charge is -2.10. The number of anilines is 2. The number of nitrogens with one attached hydrogen (secondary N) is 2. The minimum Gasteiger partial charge on any atom is -0.491 e. The molecular formula is C21H22ClN5O4. The van der Waals surface area contributed by atoms with Crippen LogP contribution < -0.4 is 15.7 Å². The number of rotatable bonds is 8. The third-order valence-electron chi connectivity index (χ3n) is 4.44. The second kappa shape index (κ2) is 9.96. The molecule has 0 aliphatic carbocycles. The number of oxazole rings is 1. The molecule has 2 N–H and O–H groups in total. The SMILES string of the molecule is COCCOc1ccc(C)c(Nc2ncc(-c3cccc(-n4nc[nH]c4=O)c3)o2)c1.Cl. The zero-order chi connectivity index (χ0) is 20.9. The van der Waals surface area contributed by atoms with Gasteiger partial charge in [-0.05, 0) is 30.7 Å². The molecule has 0 fully saturated rings. The first-order chi connectivity index (χ1) is 14.6. The molecule has 0 aliphatic rings. The summed E-state index contributed by atoms with van der Waals surface area (Å²) in [5, 5.41) is 7.18. The molecule has 0 amide bonds. The summed E-state index contributed by atoms with van der Waals surface area (Å²) in [6, 6.07) is 13.4. The lowest BCUT2D eigenvalue weighted by molar-refractivity contribution is 0.146. The molecular weight excluding hydrogens is 422 g/mol. The fourth-order valence-electron chi connectivity index (χ4n) is 2.88. The van der Waals surface area contributed by atoms with E-state index in [0.29, 0.717) is 30.7 Å². The molecule has 162 valence electrons. The van der Waals surface area contributed by atoms with Crippen molar-refractivity contribution in [2.75, 3.05) is 25.6 Å². The molecule has 2 aromatic heterocycles. The third-order valence-corrected chi connectivity index (χ3v) is 4.44. The van der Waals surface area contributed by atoms with Crippen molar-refractivity contribution < 1.29 is 13.9 Å². The maximum absolute atomic E-state index is 11.8. The van der Waals surface area contributed by atoms with Gasteiger partial charge in [-0.2, -0.15) is 9.78 Å². The molecule has 2 heterocycles. The quantitative estimate of drug-likeness (QED) is 0.399. The van der Waals surface area contributed by atoms with Gasteiger partial charge in [-0.1, -0.05) is 18.2 Å². The molecule has 9 nitrogen and oxygen atoms in total. The van der Waals surface area contributed by atoms with Gasteiger partial charge in [-0.3, -0.25) is 4.98 Å². The van der Waals surface area contributed by atoms with Crippen molar-refractivity contribution in [3.8, 4) is 22.8 Å². The van der Waals surface area contributed by atoms with Crippen LogP contribution in [-0.2, 0) is 4.74 Å². The van der Waals surface area contributed by atoms with Crippen LogP contribution in [0.1, 0.15) is 5.56 Å². The van der Waals surface area contributed by atoms with E-state index in [9.17, 15) is 4.79 Å². The number of H-pyrrole nitrogens is 1. The Labute approximate surface area is 184 Å². The Balaban J connectivity index is 0.00000272. The maximum Gasteiger partial charge on any atom is 0.347 e. The van der Waals surface area contributed by atoms with Crippen molar-refractivity contribution in [2.24, 2.45) is 0 Å². The summed E-state index contributed by atoms with van der Waals surface area (Å²) in [4.78, 5) is 18.6. The molecule has 0 atom stereocenters. The van der Waals surface area contributed by atoms with Crippen LogP contribution in [0.2, 0.25) is 0 Å². The topological polar surface area (TPSA) is 107 Å². The van der Waals surface area contributed by atoms with Crippen LogP contribution in [0.15, 0.2) is 64.2 Å². The number of halogens is 1. The number of methoxy groups -OCH3 is 1. The monoisotopic (exact) mass is 443 g/mol. The summed E-state index contributed by atoms with van der Waals surface area (Å²) in [7, 11) is 1.63. The maximum atomic E-state index is 11.8. The highest BCUT2D eigenvalue weighted by atomic mass is 35.5. The van der Waals surface area contributed by atoms with Gasteiger partial charge in [-0.15, -0.1) is 12.4 Å². The number of benzene rings is 2. The Morgan fingerprint density at radius 3 is 2.84 bits per heavy atom. The Kier molecular flexibility index (Phi) is 7.11. The lowest BCUT2D eigenvalue weighted by atomic mass is 10.1. The molecule has 0 radical (unpaired) electrons. The van der Waals surface area contributed by atoms with Crippen molar-refractivity contribution in [2.45, 2.75) is 6.92 Å². The second-order valence-electron chi connectivity index (χ2n) is 6.53. The van der Waals surface area contributed by atoms with Gasteiger partial charge < -0.3 is 19.2 Å². The number of ether oxygens (including phenoxy) is 2. The van der Waals surface area contributed by atoms with Crippen LogP contribution in [-0.4, -0.2) is 40.1 Å². The highest BCUT2D eigenvalue weighted by molar-refractivity contribution is 5.85. The molecule has 2 aromatic carbocycles. The first-order valence-electron chi connectivity index (χ1n) is 9.33. The molecule has 31 heavy (non-hydrogen) atoms. The number of nitrogens with zero attached hydrogens (tertiary/aromatic N) is 3. The first kappa shape index (κ1) is 22.1. The van der Waals surface area contributed by atoms with E-state index in [2.05, 4.69) is 20.4 Å². The van der Waals surface area contributed by atoms with Crippen LogP contribution in [0.5, 0.6) is 5.75 Å². The van der Waals surface area contributed by atoms with Crippen LogP contribution in [0.4, 0.5) is 11.7 Å². The average Bonchev–Trinajstić information content (AvgIpc) is 3.40. The van der Waals surface area contributed by atoms with Crippen LogP contribution in [0.25, 0.3) is 17.0 Å². The molecule has 0 saturated carbocycles. The first-order valence-corrected chi connectivity index (χ1v) is 9.33. The molecule has 0 spiro atoms. The Bertz CT molecular complexity index is 1200. The van der Waals surface area contributed by atoms with Gasteiger partial charge in [-0.25, -0.2) is 9.78 Å². The summed E-state index contributed by atoms with van der Waals surface area (Å²) in [5.74, 6) is 1.29. The summed E-state index contributed by atoms with van der Waals surface area (Å²) in [5.41, 5.74) is 2.94. The van der Waals surface area contributed by atoms with Crippen LogP contribution in [0.3, 0.4) is 0 Å². The molecule has 4 aromatic rings. The Hall–Kier alpha value is -3.56. The number of aromatic nitrogens is 4. The third kappa shape index (κ3) is 5.14. The number of hydrogen-bond acceptors (Lipinski definition) is 7. The van der Waals surface area contributed by atoms with Gasteiger partial charge in [0.25, 0.3) is 6.01 Å². The van der Waals surface area contributed by atoms with E-state index in [0.717, 1.165) is 22.6 Å². The van der Waals surface area contributed by atoms with Crippen LogP contribution >= 0.6 is 12.4 Å². The zero-order valence-corrected chi connectivity index (χ0v) is 17.8. The van der Waals surface area contributed by atoms with E-state index in [4.69, 9.17) is 13.9 Å². The molecule has 4 rings (SSSR count). The number of aryl methyl sites for hydroxylation is 1. The Morgan fingerprint density at radius 2 is 2.06 bits per heavy atom. The summed E-state index contributed by atoms with van der Waals surface area (Å²) in [6.07, 6.45) is 2.98. The molecule has 10 heteroatoms. The van der Waals surface area contributed by atoms with Crippen molar-refractivity contribution in [1.29, 1.82) is 0 Å². The van der Waals surface area contributed by atoms with Gasteiger partial charge in [0.2, 0.25) is 0 Å². The van der Waals surface area contributed by atoms with E-state index in [1.807, 2.05) is 43.3 Å². The normalized spacial score (nSPS) is 10.5. The van der Waals surface area contributed by atoms with Crippen LogP contribution in [0, 0.1) is 6.92 Å². The van der Waals surface area contributed by atoms with Gasteiger partial charge >= 0.3 is 5.69 Å². The minimum atomic E-state index is -0.310. The summed E-state index contributed by atoms with van der Waals surface area (Å²) < 4.78 is 17.8. The minimum absolute atomic E-state index is 0. The van der Waals surface area contributed by atoms with E-state index < -0.39 is 0 Å². The largest absolute Gasteiger partial charge is 0.491 e. The van der Waals surface area contributed by atoms with Crippen molar-refractivity contribution in [1.82, 2.24) is 19.7 Å². The number of hydrogen-bond donors (Lipinski definition) is 2. The van der Waals surface area contributed by atoms with Crippen molar-refractivity contribution >= 4 is 24.1 Å². The van der Waals surface area contributed by atoms with E-state index in [1.165, 1.54) is 11.0 Å². The zero-order valence-electron chi connectivity index (χ0n) is 17.0. The van der Waals surface area contributed by atoms with Crippen molar-refractivity contribution in [3.05, 3.63) is 71.0 Å². The summed E-state index contributed by atoms with van der Waals surface area (Å²) in [6.45, 7) is 2.97. The van der Waals surface area contributed by atoms with Crippen molar-refractivity contribution in [3.63, 3.8) is 0 Å². The second-order valence-corrected chi connectivity index (χ2v) is 6.53. The number of aromatic amines is 1. The predicted octanol–water partition coefficient (Wildman–Crippen LogP) is 3.71. The average molecular weight is 444 g/mol. The standard InChI is InChI=1S/C21H21N5O4.ClH/c1-14-6-7-17(29-9-8-28-2)11-18(14)25-20-22-12-19(30-20)15-4-3-5-16(10-15)26-21(27)23-13-24-26;/h3-7,10-13H,8-9H2,1-2H3,(H,22,25)(H,23,24,27);1H. The fraction of sp³-hybridized carbons (Fsp3) is 0.190. The fourth-order valence-corrected chi connectivity index (χ4v) is 2.88.